The fourth-order valence-corrected chi connectivity index (χ4v) is 3.10. The summed E-state index contributed by atoms with van der Waals surface area (Å²) in [7, 11) is 0. The van der Waals surface area contributed by atoms with Gasteiger partial charge in [0.15, 0.2) is 0 Å². The highest BCUT2D eigenvalue weighted by molar-refractivity contribution is 5.97. The molecule has 0 saturated carbocycles. The van der Waals surface area contributed by atoms with Gasteiger partial charge in [0, 0.05) is 30.8 Å². The number of furan rings is 1. The van der Waals surface area contributed by atoms with Gasteiger partial charge in [-0.3, -0.25) is 14.4 Å². The monoisotopic (exact) mass is 356 g/mol. The number of aryl methyl sites for hydroxylation is 1. The molecule has 0 aliphatic carbocycles. The molecule has 136 valence electrons. The molecule has 2 heterocycles. The molecule has 0 radical (unpaired) electrons. The fourth-order valence-electron chi connectivity index (χ4n) is 3.10. The third-order valence-electron chi connectivity index (χ3n) is 4.34. The average Bonchev–Trinajstić information content (AvgIpc) is 3.18. The first kappa shape index (κ1) is 17.7. The van der Waals surface area contributed by atoms with E-state index in [1.165, 1.54) is 6.26 Å². The van der Waals surface area contributed by atoms with Crippen molar-refractivity contribution in [2.45, 2.75) is 32.7 Å². The number of nitrogens with zero attached hydrogens (tertiary/aromatic N) is 1. The summed E-state index contributed by atoms with van der Waals surface area (Å²) in [6.07, 6.45) is 2.45. The minimum atomic E-state index is -1.06. The number of nitrogens with one attached hydrogen (secondary N) is 1. The summed E-state index contributed by atoms with van der Waals surface area (Å²) in [6.45, 7) is 2.68. The highest BCUT2D eigenvalue weighted by atomic mass is 16.4. The van der Waals surface area contributed by atoms with Gasteiger partial charge in [-0.25, -0.2) is 0 Å². The van der Waals surface area contributed by atoms with Gasteiger partial charge in [-0.2, -0.15) is 0 Å². The topological polar surface area (TPSA) is 99.8 Å². The SMILES string of the molecule is Cc1coc(CC(=O)O)c1C(=O)NCc1cccc(N2CCCC2=O)c1. The van der Waals surface area contributed by atoms with Gasteiger partial charge in [-0.1, -0.05) is 12.1 Å². The quantitative estimate of drug-likeness (QED) is 0.827. The zero-order valence-corrected chi connectivity index (χ0v) is 14.4. The van der Waals surface area contributed by atoms with Crippen LogP contribution in [-0.2, 0) is 22.6 Å². The molecule has 2 aromatic rings. The van der Waals surface area contributed by atoms with Gasteiger partial charge >= 0.3 is 5.97 Å². The Hall–Kier alpha value is -3.09. The predicted molar refractivity (Wildman–Crippen MR) is 94.0 cm³/mol. The zero-order chi connectivity index (χ0) is 18.7. The van der Waals surface area contributed by atoms with Crippen LogP contribution in [0.5, 0.6) is 0 Å². The molecule has 2 N–H and O–H groups in total. The normalized spacial score (nSPS) is 13.9. The minimum Gasteiger partial charge on any atom is -0.481 e. The van der Waals surface area contributed by atoms with Crippen molar-refractivity contribution in [1.29, 1.82) is 0 Å². The summed E-state index contributed by atoms with van der Waals surface area (Å²) in [6, 6.07) is 7.47. The van der Waals surface area contributed by atoms with Gasteiger partial charge in [-0.05, 0) is 31.0 Å². The van der Waals surface area contributed by atoms with Gasteiger partial charge in [-0.15, -0.1) is 0 Å². The number of benzene rings is 1. The van der Waals surface area contributed by atoms with E-state index in [-0.39, 0.29) is 36.1 Å². The van der Waals surface area contributed by atoms with Crippen molar-refractivity contribution in [3.8, 4) is 0 Å². The van der Waals surface area contributed by atoms with Gasteiger partial charge in [0.2, 0.25) is 5.91 Å². The molecule has 0 bridgehead atoms. The maximum Gasteiger partial charge on any atom is 0.311 e. The molecule has 0 spiro atoms. The lowest BCUT2D eigenvalue weighted by Crippen LogP contribution is -2.26. The zero-order valence-electron chi connectivity index (χ0n) is 14.4. The van der Waals surface area contributed by atoms with Crippen LogP contribution < -0.4 is 10.2 Å². The standard InChI is InChI=1S/C19H20N2O5/c1-12-11-26-15(9-17(23)24)18(12)19(25)20-10-13-4-2-5-14(8-13)21-7-3-6-16(21)22/h2,4-5,8,11H,3,6-7,9-10H2,1H3,(H,20,25)(H,23,24). The van der Waals surface area contributed by atoms with Crippen LogP contribution in [0.3, 0.4) is 0 Å². The lowest BCUT2D eigenvalue weighted by molar-refractivity contribution is -0.136. The predicted octanol–water partition coefficient (Wildman–Crippen LogP) is 2.27. The Labute approximate surface area is 150 Å². The first-order valence-electron chi connectivity index (χ1n) is 8.42. The molecule has 1 aromatic heterocycles. The third-order valence-corrected chi connectivity index (χ3v) is 4.34. The van der Waals surface area contributed by atoms with Crippen molar-refractivity contribution < 1.29 is 23.9 Å². The highest BCUT2D eigenvalue weighted by Gasteiger charge is 2.22. The smallest absolute Gasteiger partial charge is 0.311 e. The summed E-state index contributed by atoms with van der Waals surface area (Å²) in [5.41, 5.74) is 2.54. The van der Waals surface area contributed by atoms with Crippen molar-refractivity contribution in [1.82, 2.24) is 5.32 Å². The molecule has 1 saturated heterocycles. The van der Waals surface area contributed by atoms with Crippen molar-refractivity contribution in [3.63, 3.8) is 0 Å². The largest absolute Gasteiger partial charge is 0.481 e. The molecule has 1 aromatic carbocycles. The second-order valence-electron chi connectivity index (χ2n) is 6.29. The van der Waals surface area contributed by atoms with E-state index in [0.717, 1.165) is 17.7 Å². The molecule has 7 heteroatoms. The Kier molecular flexibility index (Phi) is 5.06. The van der Waals surface area contributed by atoms with Gasteiger partial charge in [0.25, 0.3) is 5.91 Å². The summed E-state index contributed by atoms with van der Waals surface area (Å²) in [5, 5.41) is 11.7. The van der Waals surface area contributed by atoms with Crippen LogP contribution in [0.15, 0.2) is 34.9 Å². The van der Waals surface area contributed by atoms with Gasteiger partial charge < -0.3 is 19.7 Å². The van der Waals surface area contributed by atoms with Crippen LogP contribution >= 0.6 is 0 Å². The van der Waals surface area contributed by atoms with Crippen molar-refractivity contribution in [2.24, 2.45) is 0 Å². The first-order chi connectivity index (χ1) is 12.5. The molecular weight excluding hydrogens is 336 g/mol. The van der Waals surface area contributed by atoms with Crippen LogP contribution in [0, 0.1) is 6.92 Å². The number of carboxylic acids is 1. The van der Waals surface area contributed by atoms with E-state index in [4.69, 9.17) is 9.52 Å². The fraction of sp³-hybridized carbons (Fsp3) is 0.316. The number of amides is 2. The van der Waals surface area contributed by atoms with Crippen LogP contribution in [0.25, 0.3) is 0 Å². The molecule has 0 atom stereocenters. The Balaban J connectivity index is 1.70. The second kappa shape index (κ2) is 7.43. The van der Waals surface area contributed by atoms with E-state index < -0.39 is 5.97 Å². The molecule has 1 fully saturated rings. The van der Waals surface area contributed by atoms with Gasteiger partial charge in [0.05, 0.1) is 11.8 Å². The Morgan fingerprint density at radius 1 is 1.35 bits per heavy atom. The number of carbonyl (C=O) groups is 3. The van der Waals surface area contributed by atoms with Crippen LogP contribution in [0.2, 0.25) is 0 Å². The van der Waals surface area contributed by atoms with Crippen LogP contribution in [-0.4, -0.2) is 29.4 Å². The maximum atomic E-state index is 12.5. The Morgan fingerprint density at radius 2 is 2.15 bits per heavy atom. The molecule has 1 aliphatic rings. The summed E-state index contributed by atoms with van der Waals surface area (Å²) in [5.74, 6) is -1.19. The van der Waals surface area contributed by atoms with E-state index in [9.17, 15) is 14.4 Å². The Bertz CT molecular complexity index is 855. The number of hydrogen-bond acceptors (Lipinski definition) is 4. The van der Waals surface area contributed by atoms with Gasteiger partial charge in [0.1, 0.15) is 12.2 Å². The molecule has 2 amide bonds. The number of carboxylic acid groups (broad SMARTS) is 1. The number of carbonyl (C=O) groups excluding carboxylic acids is 2. The lowest BCUT2D eigenvalue weighted by Gasteiger charge is -2.16. The lowest BCUT2D eigenvalue weighted by atomic mass is 10.1. The highest BCUT2D eigenvalue weighted by Crippen LogP contribution is 2.22. The Morgan fingerprint density at radius 3 is 2.85 bits per heavy atom. The van der Waals surface area contributed by atoms with Crippen LogP contribution in [0.1, 0.15) is 40.1 Å². The van der Waals surface area contributed by atoms with Crippen molar-refractivity contribution in [3.05, 3.63) is 53.0 Å². The third kappa shape index (κ3) is 3.77. The first-order valence-corrected chi connectivity index (χ1v) is 8.42. The number of anilines is 1. The van der Waals surface area contributed by atoms with E-state index >= 15 is 0 Å². The van der Waals surface area contributed by atoms with E-state index in [1.54, 1.807) is 11.8 Å². The van der Waals surface area contributed by atoms with Crippen molar-refractivity contribution in [2.75, 3.05) is 11.4 Å². The number of rotatable bonds is 6. The second-order valence-corrected chi connectivity index (χ2v) is 6.29. The van der Waals surface area contributed by atoms with E-state index in [1.807, 2.05) is 24.3 Å². The molecule has 0 unspecified atom stereocenters. The van der Waals surface area contributed by atoms with E-state index in [0.29, 0.717) is 18.5 Å². The molecule has 26 heavy (non-hydrogen) atoms. The molecule has 7 nitrogen and oxygen atoms in total. The molecule has 1 aliphatic heterocycles. The molecular formula is C19H20N2O5. The average molecular weight is 356 g/mol. The summed E-state index contributed by atoms with van der Waals surface area (Å²) >= 11 is 0. The molecule has 3 rings (SSSR count). The maximum absolute atomic E-state index is 12.5. The summed E-state index contributed by atoms with van der Waals surface area (Å²) in [4.78, 5) is 37.0. The number of hydrogen-bond donors (Lipinski definition) is 2. The summed E-state index contributed by atoms with van der Waals surface area (Å²) < 4.78 is 5.19. The minimum absolute atomic E-state index is 0.110. The number of aliphatic carboxylic acids is 1. The van der Waals surface area contributed by atoms with E-state index in [2.05, 4.69) is 5.32 Å². The van der Waals surface area contributed by atoms with Crippen LogP contribution in [0.4, 0.5) is 5.69 Å². The van der Waals surface area contributed by atoms with Crippen molar-refractivity contribution >= 4 is 23.5 Å².